The van der Waals surface area contributed by atoms with Gasteiger partial charge < -0.3 is 9.84 Å². The summed E-state index contributed by atoms with van der Waals surface area (Å²) in [6.45, 7) is 7.47. The van der Waals surface area contributed by atoms with Gasteiger partial charge in [-0.2, -0.15) is 0 Å². The summed E-state index contributed by atoms with van der Waals surface area (Å²) < 4.78 is 6.23. The number of hydrogen-bond acceptors (Lipinski definition) is 5. The number of phenolic OH excluding ortho intramolecular Hbond substituents is 1. The van der Waals surface area contributed by atoms with Crippen molar-refractivity contribution in [3.05, 3.63) is 65.7 Å². The van der Waals surface area contributed by atoms with Gasteiger partial charge in [-0.15, -0.1) is 0 Å². The second-order valence-electron chi connectivity index (χ2n) is 8.87. The number of ether oxygens (including phenoxy) is 1. The van der Waals surface area contributed by atoms with Crippen LogP contribution in [0.4, 0.5) is 0 Å². The van der Waals surface area contributed by atoms with Gasteiger partial charge in [-0.3, -0.25) is 14.6 Å². The lowest BCUT2D eigenvalue weighted by molar-refractivity contribution is -0.178. The van der Waals surface area contributed by atoms with Crippen LogP contribution in [-0.2, 0) is 15.1 Å². The fourth-order valence-electron chi connectivity index (χ4n) is 5.61. The molecule has 0 saturated carbocycles. The van der Waals surface area contributed by atoms with Crippen LogP contribution in [0.2, 0.25) is 0 Å². The topological polar surface area (TPSA) is 53.0 Å². The number of rotatable bonds is 6. The van der Waals surface area contributed by atoms with Crippen molar-refractivity contribution in [1.29, 1.82) is 0 Å². The average Bonchev–Trinajstić information content (AvgIpc) is 3.30. The van der Waals surface area contributed by atoms with Crippen LogP contribution in [0.3, 0.4) is 0 Å². The Morgan fingerprint density at radius 1 is 1.13 bits per heavy atom. The number of aromatic hydroxyl groups is 1. The SMILES string of the molecule is CCC(c1cccc(O)c1)N1CCC(OC(C)=O)(c2ccccc2)C(N2CCCC2)C1. The predicted molar refractivity (Wildman–Crippen MR) is 122 cm³/mol. The van der Waals surface area contributed by atoms with Crippen LogP contribution < -0.4 is 0 Å². The summed E-state index contributed by atoms with van der Waals surface area (Å²) in [5.41, 5.74) is 1.60. The highest BCUT2D eigenvalue weighted by molar-refractivity contribution is 5.67. The fraction of sp³-hybridized carbons (Fsp3) is 0.500. The van der Waals surface area contributed by atoms with Crippen LogP contribution in [0.5, 0.6) is 5.75 Å². The van der Waals surface area contributed by atoms with Crippen LogP contribution in [-0.4, -0.2) is 53.1 Å². The van der Waals surface area contributed by atoms with E-state index in [0.717, 1.165) is 50.1 Å². The molecule has 31 heavy (non-hydrogen) atoms. The highest BCUT2D eigenvalue weighted by Gasteiger charge is 2.51. The molecule has 4 rings (SSSR count). The summed E-state index contributed by atoms with van der Waals surface area (Å²) in [6, 6.07) is 18.2. The number of nitrogens with zero attached hydrogens (tertiary/aromatic N) is 2. The molecule has 2 aliphatic rings. The van der Waals surface area contributed by atoms with Gasteiger partial charge in [-0.1, -0.05) is 49.4 Å². The molecule has 2 saturated heterocycles. The molecule has 0 aromatic heterocycles. The lowest BCUT2D eigenvalue weighted by Gasteiger charge is -2.52. The zero-order valence-electron chi connectivity index (χ0n) is 18.7. The summed E-state index contributed by atoms with van der Waals surface area (Å²) >= 11 is 0. The maximum absolute atomic E-state index is 12.3. The summed E-state index contributed by atoms with van der Waals surface area (Å²) in [7, 11) is 0. The summed E-state index contributed by atoms with van der Waals surface area (Å²) in [5, 5.41) is 10.0. The van der Waals surface area contributed by atoms with Gasteiger partial charge in [-0.25, -0.2) is 0 Å². The maximum Gasteiger partial charge on any atom is 0.303 e. The number of likely N-dealkylation sites (tertiary alicyclic amines) is 2. The molecule has 2 aromatic rings. The van der Waals surface area contributed by atoms with E-state index >= 15 is 0 Å². The number of piperidine rings is 1. The third kappa shape index (κ3) is 4.48. The van der Waals surface area contributed by atoms with Crippen molar-refractivity contribution < 1.29 is 14.6 Å². The van der Waals surface area contributed by atoms with Crippen LogP contribution in [0.15, 0.2) is 54.6 Å². The van der Waals surface area contributed by atoms with Crippen LogP contribution in [0.1, 0.15) is 56.7 Å². The van der Waals surface area contributed by atoms with Gasteiger partial charge in [0.1, 0.15) is 5.75 Å². The molecular formula is C26H34N2O3. The van der Waals surface area contributed by atoms with E-state index in [1.54, 1.807) is 6.07 Å². The normalized spacial score (nSPS) is 25.9. The minimum Gasteiger partial charge on any atom is -0.508 e. The van der Waals surface area contributed by atoms with Crippen molar-refractivity contribution in [3.63, 3.8) is 0 Å². The second-order valence-corrected chi connectivity index (χ2v) is 8.87. The molecule has 0 spiro atoms. The summed E-state index contributed by atoms with van der Waals surface area (Å²) in [4.78, 5) is 17.3. The molecule has 0 amide bonds. The molecular weight excluding hydrogens is 388 g/mol. The summed E-state index contributed by atoms with van der Waals surface area (Å²) in [6.07, 6.45) is 4.09. The Kier molecular flexibility index (Phi) is 6.63. The third-order valence-electron chi connectivity index (χ3n) is 6.97. The number of phenols is 1. The van der Waals surface area contributed by atoms with Crippen molar-refractivity contribution in [1.82, 2.24) is 9.80 Å². The second kappa shape index (κ2) is 9.41. The van der Waals surface area contributed by atoms with Gasteiger partial charge in [0.2, 0.25) is 0 Å². The van der Waals surface area contributed by atoms with Crippen LogP contribution >= 0.6 is 0 Å². The molecule has 2 aromatic carbocycles. The minimum absolute atomic E-state index is 0.0985. The highest BCUT2D eigenvalue weighted by atomic mass is 16.6. The van der Waals surface area contributed by atoms with Gasteiger partial charge in [0.15, 0.2) is 5.60 Å². The van der Waals surface area contributed by atoms with E-state index in [4.69, 9.17) is 4.74 Å². The van der Waals surface area contributed by atoms with Crippen molar-refractivity contribution in [2.45, 2.75) is 57.2 Å². The lowest BCUT2D eigenvalue weighted by atomic mass is 9.78. The first-order chi connectivity index (χ1) is 15.0. The molecule has 3 atom stereocenters. The van der Waals surface area contributed by atoms with E-state index in [0.29, 0.717) is 5.75 Å². The Hall–Kier alpha value is -2.37. The molecule has 5 heteroatoms. The molecule has 2 fully saturated rings. The Bertz CT molecular complexity index is 881. The molecule has 0 bridgehead atoms. The van der Waals surface area contributed by atoms with Gasteiger partial charge in [-0.05, 0) is 55.6 Å². The van der Waals surface area contributed by atoms with E-state index in [9.17, 15) is 9.90 Å². The molecule has 166 valence electrons. The van der Waals surface area contributed by atoms with Crippen LogP contribution in [0, 0.1) is 0 Å². The first-order valence-electron chi connectivity index (χ1n) is 11.6. The highest BCUT2D eigenvalue weighted by Crippen LogP contribution is 2.43. The van der Waals surface area contributed by atoms with Gasteiger partial charge in [0, 0.05) is 32.5 Å². The minimum atomic E-state index is -0.634. The molecule has 1 N–H and O–H groups in total. The van der Waals surface area contributed by atoms with Gasteiger partial charge >= 0.3 is 5.97 Å². The van der Waals surface area contributed by atoms with Gasteiger partial charge in [0.05, 0.1) is 6.04 Å². The summed E-state index contributed by atoms with van der Waals surface area (Å²) in [5.74, 6) is 0.0871. The van der Waals surface area contributed by atoms with E-state index in [1.807, 2.05) is 30.3 Å². The Balaban J connectivity index is 1.71. The van der Waals surface area contributed by atoms with E-state index in [2.05, 4.69) is 34.9 Å². The number of hydrogen-bond donors (Lipinski definition) is 1. The predicted octanol–water partition coefficient (Wildman–Crippen LogP) is 4.47. The van der Waals surface area contributed by atoms with E-state index < -0.39 is 5.60 Å². The van der Waals surface area contributed by atoms with Crippen molar-refractivity contribution >= 4 is 5.97 Å². The van der Waals surface area contributed by atoms with Crippen molar-refractivity contribution in [3.8, 4) is 5.75 Å². The number of benzene rings is 2. The van der Waals surface area contributed by atoms with Gasteiger partial charge in [0.25, 0.3) is 0 Å². The average molecular weight is 423 g/mol. The van der Waals surface area contributed by atoms with Crippen LogP contribution in [0.25, 0.3) is 0 Å². The number of esters is 1. The number of carbonyl (C=O) groups excluding carboxylic acids is 1. The Morgan fingerprint density at radius 3 is 2.52 bits per heavy atom. The smallest absolute Gasteiger partial charge is 0.303 e. The van der Waals surface area contributed by atoms with Crippen molar-refractivity contribution in [2.24, 2.45) is 0 Å². The Labute approximate surface area is 185 Å². The van der Waals surface area contributed by atoms with Crippen molar-refractivity contribution in [2.75, 3.05) is 26.2 Å². The number of carbonyl (C=O) groups is 1. The first-order valence-corrected chi connectivity index (χ1v) is 11.6. The zero-order valence-corrected chi connectivity index (χ0v) is 18.7. The molecule has 0 radical (unpaired) electrons. The van der Waals surface area contributed by atoms with E-state index in [-0.39, 0.29) is 18.1 Å². The molecule has 2 aliphatic heterocycles. The zero-order chi connectivity index (χ0) is 21.8. The molecule has 2 heterocycles. The quantitative estimate of drug-likeness (QED) is 0.696. The largest absolute Gasteiger partial charge is 0.508 e. The first kappa shape index (κ1) is 21.8. The molecule has 5 nitrogen and oxygen atoms in total. The third-order valence-corrected chi connectivity index (χ3v) is 6.97. The Morgan fingerprint density at radius 2 is 1.87 bits per heavy atom. The molecule has 0 aliphatic carbocycles. The van der Waals surface area contributed by atoms with E-state index in [1.165, 1.54) is 19.8 Å². The molecule has 3 unspecified atom stereocenters. The maximum atomic E-state index is 12.3. The standard InChI is InChI=1S/C26H34N2O3/c1-3-24(21-10-9-13-23(30)18-21)28-17-14-26(31-20(2)29,22-11-5-4-6-12-22)25(19-28)27-15-7-8-16-27/h4-6,9-13,18,24-25,30H,3,7-8,14-17,19H2,1-2H3. The monoisotopic (exact) mass is 422 g/mol. The fourth-order valence-corrected chi connectivity index (χ4v) is 5.61. The lowest BCUT2D eigenvalue weighted by Crippen LogP contribution is -2.62.